The minimum Gasteiger partial charge on any atom is -0.462 e. The molecule has 1 aromatic rings. The fourth-order valence-corrected chi connectivity index (χ4v) is 4.20. The van der Waals surface area contributed by atoms with E-state index in [1.165, 1.54) is 0 Å². The van der Waals surface area contributed by atoms with Crippen LogP contribution in [0.2, 0.25) is 0 Å². The molecule has 2 saturated heterocycles. The molecule has 2 aliphatic heterocycles. The second-order valence-electron chi connectivity index (χ2n) is 6.83. The number of piperidine rings is 1. The molecule has 0 saturated carbocycles. The van der Waals surface area contributed by atoms with Crippen molar-refractivity contribution >= 4 is 13.8 Å². The minimum absolute atomic E-state index is 0.150. The maximum atomic E-state index is 12.7. The topological polar surface area (TPSA) is 96.3 Å². The lowest BCUT2D eigenvalue weighted by molar-refractivity contribution is -0.155. The van der Waals surface area contributed by atoms with Gasteiger partial charge in [0.1, 0.15) is 12.0 Å². The minimum atomic E-state index is -4.65. The lowest BCUT2D eigenvalue weighted by Gasteiger charge is -2.36. The Bertz CT molecular complexity index is 634. The number of phosphoric acid groups is 1. The highest BCUT2D eigenvalue weighted by atomic mass is 31.2. The predicted molar refractivity (Wildman–Crippen MR) is 90.9 cm³/mol. The molecule has 25 heavy (non-hydrogen) atoms. The number of ether oxygens (including phenoxy) is 1. The summed E-state index contributed by atoms with van der Waals surface area (Å²) >= 11 is 0. The zero-order valence-corrected chi connectivity index (χ0v) is 15.0. The SMILES string of the molecule is CN1[C@@H]2CC[C@H]1C[C@@H](OC(=O)C(COP(=O)(O)O)c1ccccc1)C2. The first-order chi connectivity index (χ1) is 11.8. The van der Waals surface area contributed by atoms with Crippen LogP contribution in [0.25, 0.3) is 0 Å². The molecule has 138 valence electrons. The van der Waals surface area contributed by atoms with Gasteiger partial charge in [-0.25, -0.2) is 4.57 Å². The Hall–Kier alpha value is -1.24. The third kappa shape index (κ3) is 4.68. The Balaban J connectivity index is 1.68. The van der Waals surface area contributed by atoms with Crippen LogP contribution in [0, 0.1) is 0 Å². The van der Waals surface area contributed by atoms with Crippen LogP contribution in [0.3, 0.4) is 0 Å². The first-order valence-corrected chi connectivity index (χ1v) is 10.0. The molecular formula is C17H24NO6P. The Labute approximate surface area is 147 Å². The smallest absolute Gasteiger partial charge is 0.462 e. The van der Waals surface area contributed by atoms with Crippen molar-refractivity contribution in [2.75, 3.05) is 13.7 Å². The number of carbonyl (C=O) groups is 1. The molecular weight excluding hydrogens is 345 g/mol. The number of hydrogen-bond acceptors (Lipinski definition) is 5. The number of carbonyl (C=O) groups excluding carboxylic acids is 1. The summed E-state index contributed by atoms with van der Waals surface area (Å²) in [4.78, 5) is 32.9. The van der Waals surface area contributed by atoms with Gasteiger partial charge in [0.2, 0.25) is 0 Å². The van der Waals surface area contributed by atoms with E-state index in [9.17, 15) is 9.36 Å². The second-order valence-corrected chi connectivity index (χ2v) is 8.07. The molecule has 8 heteroatoms. The fourth-order valence-electron chi connectivity index (χ4n) is 3.86. The van der Waals surface area contributed by atoms with Gasteiger partial charge in [0, 0.05) is 12.1 Å². The molecule has 0 amide bonds. The molecule has 2 aliphatic rings. The Kier molecular flexibility index (Phi) is 5.61. The summed E-state index contributed by atoms with van der Waals surface area (Å²) in [5.74, 6) is -1.35. The maximum absolute atomic E-state index is 12.7. The molecule has 1 aromatic carbocycles. The molecule has 2 fully saturated rings. The summed E-state index contributed by atoms with van der Waals surface area (Å²) in [5, 5.41) is 0. The first-order valence-electron chi connectivity index (χ1n) is 8.51. The van der Waals surface area contributed by atoms with Gasteiger partial charge in [0.25, 0.3) is 0 Å². The predicted octanol–water partition coefficient (Wildman–Crippen LogP) is 2.05. The second kappa shape index (κ2) is 7.56. The molecule has 2 N–H and O–H groups in total. The van der Waals surface area contributed by atoms with Gasteiger partial charge in [-0.3, -0.25) is 9.32 Å². The number of benzene rings is 1. The monoisotopic (exact) mass is 369 g/mol. The van der Waals surface area contributed by atoms with Crippen molar-refractivity contribution in [1.29, 1.82) is 0 Å². The van der Waals surface area contributed by atoms with E-state index in [1.54, 1.807) is 24.3 Å². The zero-order valence-electron chi connectivity index (χ0n) is 14.2. The van der Waals surface area contributed by atoms with Crippen LogP contribution in [-0.4, -0.2) is 52.5 Å². The van der Waals surface area contributed by atoms with Crippen molar-refractivity contribution in [3.8, 4) is 0 Å². The standard InChI is InChI=1S/C17H24NO6P/c1-18-13-7-8-14(18)10-15(9-13)24-17(19)16(11-23-25(20,21)22)12-5-3-2-4-6-12/h2-6,13-16H,7-11H2,1H3,(H2,20,21,22)/t13-,14+,15+,16?. The molecule has 0 radical (unpaired) electrons. The van der Waals surface area contributed by atoms with Crippen molar-refractivity contribution in [1.82, 2.24) is 4.90 Å². The van der Waals surface area contributed by atoms with Gasteiger partial charge in [0.05, 0.1) is 6.61 Å². The van der Waals surface area contributed by atoms with E-state index in [1.807, 2.05) is 6.07 Å². The van der Waals surface area contributed by atoms with Gasteiger partial charge in [-0.15, -0.1) is 0 Å². The average Bonchev–Trinajstić information content (AvgIpc) is 2.77. The average molecular weight is 369 g/mol. The van der Waals surface area contributed by atoms with Crippen molar-refractivity contribution in [2.45, 2.75) is 49.8 Å². The summed E-state index contributed by atoms with van der Waals surface area (Å²) in [6.07, 6.45) is 3.71. The lowest BCUT2D eigenvalue weighted by atomic mass is 9.98. The van der Waals surface area contributed by atoms with Gasteiger partial charge < -0.3 is 19.4 Å². The zero-order chi connectivity index (χ0) is 18.0. The highest BCUT2D eigenvalue weighted by Crippen LogP contribution is 2.39. The lowest BCUT2D eigenvalue weighted by Crippen LogP contribution is -2.43. The largest absolute Gasteiger partial charge is 0.469 e. The number of esters is 1. The molecule has 4 atom stereocenters. The van der Waals surface area contributed by atoms with Crippen molar-refractivity contribution in [2.24, 2.45) is 0 Å². The summed E-state index contributed by atoms with van der Waals surface area (Å²) in [6.45, 7) is -0.410. The Morgan fingerprint density at radius 3 is 2.40 bits per heavy atom. The number of rotatable bonds is 6. The molecule has 0 spiro atoms. The van der Waals surface area contributed by atoms with E-state index in [0.29, 0.717) is 17.6 Å². The van der Waals surface area contributed by atoms with Gasteiger partial charge >= 0.3 is 13.8 Å². The van der Waals surface area contributed by atoms with Crippen LogP contribution in [0.4, 0.5) is 0 Å². The first kappa shape index (κ1) is 18.5. The molecule has 7 nitrogen and oxygen atoms in total. The molecule has 0 aromatic heterocycles. The molecule has 3 rings (SSSR count). The van der Waals surface area contributed by atoms with Gasteiger partial charge in [-0.05, 0) is 38.3 Å². The van der Waals surface area contributed by atoms with E-state index in [0.717, 1.165) is 25.7 Å². The molecule has 0 aliphatic carbocycles. The fraction of sp³-hybridized carbons (Fsp3) is 0.588. The van der Waals surface area contributed by atoms with Crippen LogP contribution in [0.1, 0.15) is 37.2 Å². The van der Waals surface area contributed by atoms with Crippen LogP contribution < -0.4 is 0 Å². The summed E-state index contributed by atoms with van der Waals surface area (Å²) in [6, 6.07) is 9.69. The highest BCUT2D eigenvalue weighted by Gasteiger charge is 2.40. The Morgan fingerprint density at radius 2 is 1.84 bits per heavy atom. The van der Waals surface area contributed by atoms with Gasteiger partial charge in [0.15, 0.2) is 0 Å². The van der Waals surface area contributed by atoms with Crippen molar-refractivity contribution in [3.63, 3.8) is 0 Å². The van der Waals surface area contributed by atoms with E-state index < -0.39 is 26.3 Å². The molecule has 2 heterocycles. The van der Waals surface area contributed by atoms with E-state index in [-0.39, 0.29) is 6.10 Å². The normalized spacial score (nSPS) is 27.9. The van der Waals surface area contributed by atoms with Gasteiger partial charge in [-0.2, -0.15) is 0 Å². The Morgan fingerprint density at radius 1 is 1.24 bits per heavy atom. The number of nitrogens with zero attached hydrogens (tertiary/aromatic N) is 1. The number of phosphoric ester groups is 1. The van der Waals surface area contributed by atoms with Crippen molar-refractivity contribution < 1.29 is 28.4 Å². The van der Waals surface area contributed by atoms with Gasteiger partial charge in [-0.1, -0.05) is 30.3 Å². The number of hydrogen-bond donors (Lipinski definition) is 2. The maximum Gasteiger partial charge on any atom is 0.469 e. The highest BCUT2D eigenvalue weighted by molar-refractivity contribution is 7.46. The number of fused-ring (bicyclic) bond motifs is 2. The van der Waals surface area contributed by atoms with Crippen molar-refractivity contribution in [3.05, 3.63) is 35.9 Å². The summed E-state index contributed by atoms with van der Waals surface area (Å²) in [5.41, 5.74) is 0.622. The summed E-state index contributed by atoms with van der Waals surface area (Å²) in [7, 11) is -2.54. The van der Waals surface area contributed by atoms with E-state index in [4.69, 9.17) is 14.5 Å². The van der Waals surface area contributed by atoms with E-state index in [2.05, 4.69) is 16.5 Å². The third-order valence-corrected chi connectivity index (χ3v) is 5.72. The quantitative estimate of drug-likeness (QED) is 0.585. The van der Waals surface area contributed by atoms with Crippen LogP contribution in [0.15, 0.2) is 30.3 Å². The molecule has 1 unspecified atom stereocenters. The van der Waals surface area contributed by atoms with Crippen LogP contribution >= 0.6 is 7.82 Å². The van der Waals surface area contributed by atoms with Crippen LogP contribution in [0.5, 0.6) is 0 Å². The summed E-state index contributed by atoms with van der Waals surface area (Å²) < 4.78 is 21.3. The van der Waals surface area contributed by atoms with E-state index >= 15 is 0 Å². The third-order valence-electron chi connectivity index (χ3n) is 5.23. The molecule has 2 bridgehead atoms. The van der Waals surface area contributed by atoms with Crippen LogP contribution in [-0.2, 0) is 18.6 Å².